The van der Waals surface area contributed by atoms with Crippen LogP contribution in [0, 0.1) is 0 Å². The number of benzene rings is 2. The topological polar surface area (TPSA) is 88.0 Å². The normalized spacial score (nSPS) is 14.1. The highest BCUT2D eigenvalue weighted by Crippen LogP contribution is 2.21. The summed E-state index contributed by atoms with van der Waals surface area (Å²) in [4.78, 5) is 20.6. The Bertz CT molecular complexity index is 1220. The van der Waals surface area contributed by atoms with Crippen LogP contribution in [-0.4, -0.2) is 45.0 Å². The molecule has 0 bridgehead atoms. The van der Waals surface area contributed by atoms with Crippen molar-refractivity contribution < 1.29 is 4.79 Å². The minimum absolute atomic E-state index is 0.0764. The Morgan fingerprint density at radius 2 is 1.69 bits per heavy atom. The molecule has 8 nitrogen and oxygen atoms in total. The van der Waals surface area contributed by atoms with E-state index in [9.17, 15) is 4.79 Å². The Balaban J connectivity index is 1.07. The predicted octanol–water partition coefficient (Wildman–Crippen LogP) is 3.35. The highest BCUT2D eigenvalue weighted by atomic mass is 16.1. The molecule has 0 aliphatic carbocycles. The number of aromatic nitrogens is 4. The maximum atomic E-state index is 12.5. The fourth-order valence-corrected chi connectivity index (χ4v) is 4.26. The second-order valence-electron chi connectivity index (χ2n) is 8.69. The van der Waals surface area contributed by atoms with Crippen LogP contribution in [0.15, 0.2) is 85.3 Å². The van der Waals surface area contributed by atoms with Gasteiger partial charge in [-0.25, -0.2) is 0 Å². The zero-order chi connectivity index (χ0) is 23.9. The second kappa shape index (κ2) is 10.9. The Labute approximate surface area is 205 Å². The molecular formula is C27H29N7O. The average molecular weight is 468 g/mol. The summed E-state index contributed by atoms with van der Waals surface area (Å²) in [5.41, 5.74) is 4.70. The molecule has 2 aromatic heterocycles. The molecule has 2 aromatic carbocycles. The summed E-state index contributed by atoms with van der Waals surface area (Å²) in [6, 6.07) is 22.1. The van der Waals surface area contributed by atoms with Gasteiger partial charge in [-0.05, 0) is 60.9 Å². The van der Waals surface area contributed by atoms with Gasteiger partial charge in [-0.1, -0.05) is 24.3 Å². The number of hydrogen-bond donors (Lipinski definition) is 2. The van der Waals surface area contributed by atoms with Gasteiger partial charge < -0.3 is 15.5 Å². The van der Waals surface area contributed by atoms with E-state index in [-0.39, 0.29) is 5.91 Å². The number of carbonyl (C=O) groups excluding carboxylic acids is 1. The van der Waals surface area contributed by atoms with Crippen LogP contribution in [-0.2, 0) is 13.1 Å². The molecule has 5 rings (SSSR count). The molecule has 0 radical (unpaired) electrons. The van der Waals surface area contributed by atoms with Gasteiger partial charge in [0.15, 0.2) is 0 Å². The first kappa shape index (κ1) is 22.7. The van der Waals surface area contributed by atoms with Crippen molar-refractivity contribution in [2.24, 2.45) is 0 Å². The summed E-state index contributed by atoms with van der Waals surface area (Å²) in [6.07, 6.45) is 7.42. The van der Waals surface area contributed by atoms with Gasteiger partial charge in [0.25, 0.3) is 5.91 Å². The molecule has 1 fully saturated rings. The molecule has 1 aliphatic heterocycles. The van der Waals surface area contributed by atoms with E-state index in [4.69, 9.17) is 0 Å². The molecule has 8 heteroatoms. The van der Waals surface area contributed by atoms with Crippen LogP contribution < -0.4 is 15.5 Å². The fraction of sp³-hybridized carbons (Fsp3) is 0.259. The van der Waals surface area contributed by atoms with E-state index < -0.39 is 0 Å². The number of rotatable bonds is 8. The standard InChI is InChI=1S/C27H29N7O/c35-27(30-18-21-5-4-14-28-17-21)22-8-10-25(11-9-22)33-15-12-23(13-16-33)29-19-24-20-31-34(32-24)26-6-2-1-3-7-26/h1-11,14,17,20,23,29H,12-13,15-16,18-19H2,(H,30,35). The van der Waals surface area contributed by atoms with E-state index in [1.165, 1.54) is 0 Å². The lowest BCUT2D eigenvalue weighted by molar-refractivity contribution is 0.0951. The Kier molecular flexibility index (Phi) is 7.10. The summed E-state index contributed by atoms with van der Waals surface area (Å²) >= 11 is 0. The number of hydrogen-bond acceptors (Lipinski definition) is 6. The van der Waals surface area contributed by atoms with Crippen molar-refractivity contribution in [3.63, 3.8) is 0 Å². The SMILES string of the molecule is O=C(NCc1cccnc1)c1ccc(N2CCC(NCc3cnn(-c4ccccc4)n3)CC2)cc1. The minimum Gasteiger partial charge on any atom is -0.371 e. The number of amides is 1. The quantitative estimate of drug-likeness (QED) is 0.413. The predicted molar refractivity (Wildman–Crippen MR) is 135 cm³/mol. The van der Waals surface area contributed by atoms with Crippen LogP contribution >= 0.6 is 0 Å². The zero-order valence-corrected chi connectivity index (χ0v) is 19.5. The average Bonchev–Trinajstić information content (AvgIpc) is 3.41. The first-order chi connectivity index (χ1) is 17.2. The van der Waals surface area contributed by atoms with E-state index in [1.807, 2.05) is 72.9 Å². The third-order valence-electron chi connectivity index (χ3n) is 6.26. The first-order valence-electron chi connectivity index (χ1n) is 12.0. The molecule has 2 N–H and O–H groups in total. The molecule has 4 aromatic rings. The second-order valence-corrected chi connectivity index (χ2v) is 8.69. The maximum absolute atomic E-state index is 12.5. The Hall–Kier alpha value is -4.04. The van der Waals surface area contributed by atoms with Crippen molar-refractivity contribution in [3.05, 3.63) is 102 Å². The molecule has 0 spiro atoms. The molecule has 178 valence electrons. The van der Waals surface area contributed by atoms with Gasteiger partial charge in [0.2, 0.25) is 0 Å². The van der Waals surface area contributed by atoms with Crippen molar-refractivity contribution in [2.75, 3.05) is 18.0 Å². The molecule has 1 saturated heterocycles. The van der Waals surface area contributed by atoms with Crippen molar-refractivity contribution in [3.8, 4) is 5.69 Å². The molecule has 35 heavy (non-hydrogen) atoms. The third-order valence-corrected chi connectivity index (χ3v) is 6.26. The molecule has 1 amide bonds. The van der Waals surface area contributed by atoms with Crippen molar-refractivity contribution in [1.29, 1.82) is 0 Å². The first-order valence-corrected chi connectivity index (χ1v) is 12.0. The molecule has 1 aliphatic rings. The lowest BCUT2D eigenvalue weighted by atomic mass is 10.0. The van der Waals surface area contributed by atoms with Gasteiger partial charge in [0, 0.05) is 55.9 Å². The number of carbonyl (C=O) groups is 1. The number of piperidine rings is 1. The monoisotopic (exact) mass is 467 g/mol. The fourth-order valence-electron chi connectivity index (χ4n) is 4.26. The van der Waals surface area contributed by atoms with Gasteiger partial charge in [-0.15, -0.1) is 0 Å². The zero-order valence-electron chi connectivity index (χ0n) is 19.5. The molecule has 0 saturated carbocycles. The van der Waals surface area contributed by atoms with E-state index in [2.05, 4.69) is 30.7 Å². The largest absolute Gasteiger partial charge is 0.371 e. The smallest absolute Gasteiger partial charge is 0.251 e. The minimum atomic E-state index is -0.0764. The summed E-state index contributed by atoms with van der Waals surface area (Å²) < 4.78 is 0. The lowest BCUT2D eigenvalue weighted by Gasteiger charge is -2.34. The lowest BCUT2D eigenvalue weighted by Crippen LogP contribution is -2.42. The molecule has 0 atom stereocenters. The van der Waals surface area contributed by atoms with Gasteiger partial charge >= 0.3 is 0 Å². The van der Waals surface area contributed by atoms with Crippen molar-refractivity contribution >= 4 is 11.6 Å². The van der Waals surface area contributed by atoms with Crippen LogP contribution in [0.4, 0.5) is 5.69 Å². The summed E-state index contributed by atoms with van der Waals surface area (Å²) in [5.74, 6) is -0.0764. The van der Waals surface area contributed by atoms with E-state index in [0.29, 0.717) is 24.7 Å². The summed E-state index contributed by atoms with van der Waals surface area (Å²) in [6.45, 7) is 3.12. The molecule has 0 unspecified atom stereocenters. The van der Waals surface area contributed by atoms with Crippen molar-refractivity contribution in [1.82, 2.24) is 30.6 Å². The number of nitrogens with zero attached hydrogens (tertiary/aromatic N) is 5. The highest BCUT2D eigenvalue weighted by Gasteiger charge is 2.20. The van der Waals surface area contributed by atoms with E-state index in [0.717, 1.165) is 48.6 Å². The summed E-state index contributed by atoms with van der Waals surface area (Å²) in [7, 11) is 0. The number of nitrogens with one attached hydrogen (secondary N) is 2. The van der Waals surface area contributed by atoms with Crippen LogP contribution in [0.25, 0.3) is 5.69 Å². The Morgan fingerprint density at radius 1 is 0.886 bits per heavy atom. The Morgan fingerprint density at radius 3 is 2.43 bits per heavy atom. The number of para-hydroxylation sites is 1. The third kappa shape index (κ3) is 5.91. The van der Waals surface area contributed by atoms with E-state index in [1.54, 1.807) is 17.2 Å². The van der Waals surface area contributed by atoms with Gasteiger partial charge in [0.05, 0.1) is 17.6 Å². The van der Waals surface area contributed by atoms with E-state index >= 15 is 0 Å². The van der Waals surface area contributed by atoms with Crippen LogP contribution in [0.1, 0.15) is 34.5 Å². The van der Waals surface area contributed by atoms with Crippen LogP contribution in [0.3, 0.4) is 0 Å². The molecule has 3 heterocycles. The number of anilines is 1. The number of pyridine rings is 1. The maximum Gasteiger partial charge on any atom is 0.251 e. The van der Waals surface area contributed by atoms with Gasteiger partial charge in [0.1, 0.15) is 0 Å². The van der Waals surface area contributed by atoms with Gasteiger partial charge in [-0.2, -0.15) is 15.0 Å². The highest BCUT2D eigenvalue weighted by molar-refractivity contribution is 5.94. The van der Waals surface area contributed by atoms with Crippen LogP contribution in [0.2, 0.25) is 0 Å². The molecular weight excluding hydrogens is 438 g/mol. The van der Waals surface area contributed by atoms with Crippen molar-refractivity contribution in [2.45, 2.75) is 32.0 Å². The summed E-state index contributed by atoms with van der Waals surface area (Å²) in [5, 5.41) is 15.5. The van der Waals surface area contributed by atoms with Gasteiger partial charge in [-0.3, -0.25) is 9.78 Å². The van der Waals surface area contributed by atoms with Crippen LogP contribution in [0.5, 0.6) is 0 Å².